The Morgan fingerprint density at radius 2 is 2.00 bits per heavy atom. The van der Waals surface area contributed by atoms with Crippen LogP contribution in [0.15, 0.2) is 41.0 Å². The van der Waals surface area contributed by atoms with Crippen molar-refractivity contribution in [3.8, 4) is 5.75 Å². The molecule has 32 heavy (non-hydrogen) atoms. The van der Waals surface area contributed by atoms with E-state index < -0.39 is 15.5 Å². The minimum Gasteiger partial charge on any atom is -0.489 e. The summed E-state index contributed by atoms with van der Waals surface area (Å²) >= 11 is 0. The van der Waals surface area contributed by atoms with Crippen LogP contribution >= 0.6 is 0 Å². The van der Waals surface area contributed by atoms with Gasteiger partial charge in [0, 0.05) is 40.1 Å². The Morgan fingerprint density at radius 3 is 2.72 bits per heavy atom. The standard InChI is InChI=1S/C22H26FN5O3S/c1-5-20(29)24-8-9-31-19-11-15(23)6-7-17(19)27-22-21-14(2)10-16(28-32(3,4)30)12-18(21)25-13-26-22/h6-7,10-13H,5,8-9H2,1-4H3,(H,24,29)(H,25,26,27). The molecule has 170 valence electrons. The van der Waals surface area contributed by atoms with Crippen molar-refractivity contribution in [3.63, 3.8) is 0 Å². The van der Waals surface area contributed by atoms with Gasteiger partial charge in [0.05, 0.1) is 23.4 Å². The van der Waals surface area contributed by atoms with Crippen LogP contribution in [0.2, 0.25) is 0 Å². The molecule has 1 aromatic heterocycles. The van der Waals surface area contributed by atoms with E-state index in [-0.39, 0.29) is 12.5 Å². The van der Waals surface area contributed by atoms with Crippen molar-refractivity contribution in [1.29, 1.82) is 0 Å². The van der Waals surface area contributed by atoms with Crippen LogP contribution < -0.4 is 15.4 Å². The van der Waals surface area contributed by atoms with E-state index in [1.807, 2.05) is 13.0 Å². The first-order valence-electron chi connectivity index (χ1n) is 10.0. The number of nitrogens with one attached hydrogen (secondary N) is 2. The predicted molar refractivity (Wildman–Crippen MR) is 125 cm³/mol. The molecule has 0 unspecified atom stereocenters. The van der Waals surface area contributed by atoms with Crippen molar-refractivity contribution in [2.24, 2.45) is 4.36 Å². The highest BCUT2D eigenvalue weighted by molar-refractivity contribution is 7.92. The third-order valence-corrected chi connectivity index (χ3v) is 5.10. The van der Waals surface area contributed by atoms with Crippen LogP contribution in [0.5, 0.6) is 5.75 Å². The summed E-state index contributed by atoms with van der Waals surface area (Å²) in [4.78, 5) is 20.0. The molecule has 0 spiro atoms. The number of carbonyl (C=O) groups excluding carboxylic acids is 1. The van der Waals surface area contributed by atoms with Crippen LogP contribution in [0.1, 0.15) is 18.9 Å². The minimum absolute atomic E-state index is 0.0813. The fourth-order valence-corrected chi connectivity index (χ4v) is 3.71. The fourth-order valence-electron chi connectivity index (χ4n) is 3.10. The number of carbonyl (C=O) groups is 1. The van der Waals surface area contributed by atoms with Crippen molar-refractivity contribution < 1.29 is 18.1 Å². The van der Waals surface area contributed by atoms with Crippen LogP contribution in [0.3, 0.4) is 0 Å². The average molecular weight is 460 g/mol. The zero-order valence-corrected chi connectivity index (χ0v) is 19.3. The molecule has 3 rings (SSSR count). The van der Waals surface area contributed by atoms with E-state index in [4.69, 9.17) is 4.74 Å². The number of benzene rings is 2. The summed E-state index contributed by atoms with van der Waals surface area (Å²) in [6.07, 6.45) is 4.94. The van der Waals surface area contributed by atoms with Crippen molar-refractivity contribution in [3.05, 3.63) is 48.0 Å². The Morgan fingerprint density at radius 1 is 1.22 bits per heavy atom. The van der Waals surface area contributed by atoms with Gasteiger partial charge >= 0.3 is 0 Å². The minimum atomic E-state index is -2.31. The van der Waals surface area contributed by atoms with Gasteiger partial charge in [0.15, 0.2) is 0 Å². The smallest absolute Gasteiger partial charge is 0.219 e. The summed E-state index contributed by atoms with van der Waals surface area (Å²) in [5, 5.41) is 6.67. The van der Waals surface area contributed by atoms with Crippen LogP contribution in [-0.2, 0) is 14.5 Å². The Kier molecular flexibility index (Phi) is 7.24. The molecule has 0 aliphatic rings. The predicted octanol–water partition coefficient (Wildman–Crippen LogP) is 4.09. The number of hydrogen-bond acceptors (Lipinski definition) is 7. The number of nitrogens with zero attached hydrogens (tertiary/aromatic N) is 3. The molecule has 10 heteroatoms. The van der Waals surface area contributed by atoms with Crippen LogP contribution in [0, 0.1) is 12.7 Å². The lowest BCUT2D eigenvalue weighted by atomic mass is 10.1. The Bertz CT molecular complexity index is 1260. The quantitative estimate of drug-likeness (QED) is 0.492. The highest BCUT2D eigenvalue weighted by Gasteiger charge is 2.13. The SMILES string of the molecule is CCC(=O)NCCOc1cc(F)ccc1Nc1ncnc2cc(N=S(C)(C)=O)cc(C)c12. The van der Waals surface area contributed by atoms with E-state index >= 15 is 0 Å². The lowest BCUT2D eigenvalue weighted by Gasteiger charge is -2.15. The first kappa shape index (κ1) is 23.4. The molecule has 3 aromatic rings. The topological polar surface area (TPSA) is 106 Å². The molecule has 0 fully saturated rings. The Balaban J connectivity index is 1.91. The lowest BCUT2D eigenvalue weighted by molar-refractivity contribution is -0.120. The summed E-state index contributed by atoms with van der Waals surface area (Å²) in [7, 11) is -2.31. The van der Waals surface area contributed by atoms with Crippen molar-refractivity contribution in [2.45, 2.75) is 20.3 Å². The van der Waals surface area contributed by atoms with Crippen LogP contribution in [0.4, 0.5) is 21.6 Å². The summed E-state index contributed by atoms with van der Waals surface area (Å²) in [6.45, 7) is 4.15. The molecule has 2 N–H and O–H groups in total. The number of hydrogen-bond donors (Lipinski definition) is 2. The maximum absolute atomic E-state index is 13.8. The van der Waals surface area contributed by atoms with Crippen LogP contribution in [-0.4, -0.2) is 45.7 Å². The molecule has 1 heterocycles. The third-order valence-electron chi connectivity index (χ3n) is 4.44. The Labute approximate surface area is 186 Å². The van der Waals surface area contributed by atoms with Crippen LogP contribution in [0.25, 0.3) is 10.9 Å². The molecular formula is C22H26FN5O3S. The molecular weight excluding hydrogens is 433 g/mol. The second-order valence-electron chi connectivity index (χ2n) is 7.47. The lowest BCUT2D eigenvalue weighted by Crippen LogP contribution is -2.27. The number of anilines is 2. The fraction of sp³-hybridized carbons (Fsp3) is 0.318. The molecule has 1 amide bonds. The zero-order valence-electron chi connectivity index (χ0n) is 18.4. The molecule has 0 aliphatic heterocycles. The molecule has 0 bridgehead atoms. The Hall–Kier alpha value is -3.27. The second-order valence-corrected chi connectivity index (χ2v) is 10.0. The largest absolute Gasteiger partial charge is 0.489 e. The highest BCUT2D eigenvalue weighted by Crippen LogP contribution is 2.33. The van der Waals surface area contributed by atoms with Crippen molar-refractivity contribution >= 4 is 43.7 Å². The summed E-state index contributed by atoms with van der Waals surface area (Å²) in [5.41, 5.74) is 2.58. The van der Waals surface area contributed by atoms with E-state index in [1.165, 1.54) is 18.5 Å². The summed E-state index contributed by atoms with van der Waals surface area (Å²) in [5.74, 6) is 0.287. The number of fused-ring (bicyclic) bond motifs is 1. The first-order chi connectivity index (χ1) is 15.2. The molecule has 0 radical (unpaired) electrons. The number of halogens is 1. The molecule has 2 aromatic carbocycles. The summed E-state index contributed by atoms with van der Waals surface area (Å²) in [6, 6.07) is 7.73. The van der Waals surface area contributed by atoms with E-state index in [1.54, 1.807) is 31.6 Å². The van der Waals surface area contributed by atoms with Gasteiger partial charge in [-0.3, -0.25) is 4.79 Å². The third kappa shape index (κ3) is 6.13. The van der Waals surface area contributed by atoms with Gasteiger partial charge in [0.2, 0.25) is 5.91 Å². The van der Waals surface area contributed by atoms with Gasteiger partial charge in [-0.1, -0.05) is 6.92 Å². The van der Waals surface area contributed by atoms with E-state index in [2.05, 4.69) is 25.0 Å². The van der Waals surface area contributed by atoms with E-state index in [9.17, 15) is 13.4 Å². The maximum atomic E-state index is 13.8. The second kappa shape index (κ2) is 9.90. The van der Waals surface area contributed by atoms with Gasteiger partial charge in [0.1, 0.15) is 30.3 Å². The molecule has 0 saturated carbocycles. The van der Waals surface area contributed by atoms with Gasteiger partial charge in [-0.2, -0.15) is 4.36 Å². The van der Waals surface area contributed by atoms with E-state index in [0.29, 0.717) is 41.4 Å². The molecule has 0 aliphatic carbocycles. The van der Waals surface area contributed by atoms with Crippen molar-refractivity contribution in [2.75, 3.05) is 31.0 Å². The van der Waals surface area contributed by atoms with Gasteiger partial charge in [-0.05, 0) is 36.8 Å². The van der Waals surface area contributed by atoms with Gasteiger partial charge in [-0.25, -0.2) is 18.6 Å². The normalized spacial score (nSPS) is 11.3. The zero-order chi connectivity index (χ0) is 23.3. The molecule has 0 saturated heterocycles. The highest BCUT2D eigenvalue weighted by atomic mass is 32.2. The number of amides is 1. The molecule has 8 nitrogen and oxygen atoms in total. The van der Waals surface area contributed by atoms with Gasteiger partial charge in [-0.15, -0.1) is 0 Å². The first-order valence-corrected chi connectivity index (χ1v) is 12.4. The summed E-state index contributed by atoms with van der Waals surface area (Å²) < 4.78 is 35.8. The van der Waals surface area contributed by atoms with Gasteiger partial charge < -0.3 is 15.4 Å². The number of ether oxygens (including phenoxy) is 1. The number of aryl methyl sites for hydroxylation is 1. The van der Waals surface area contributed by atoms with E-state index in [0.717, 1.165) is 10.9 Å². The maximum Gasteiger partial charge on any atom is 0.219 e. The van der Waals surface area contributed by atoms with Crippen molar-refractivity contribution in [1.82, 2.24) is 15.3 Å². The van der Waals surface area contributed by atoms with Gasteiger partial charge in [0.25, 0.3) is 0 Å². The molecule has 0 atom stereocenters. The monoisotopic (exact) mass is 459 g/mol. The number of aromatic nitrogens is 2. The average Bonchev–Trinajstić information content (AvgIpc) is 2.71. The number of rotatable bonds is 8.